The Morgan fingerprint density at radius 2 is 1.90 bits per heavy atom. The number of hydrogen-bond donors (Lipinski definition) is 1. The first-order chi connectivity index (χ1) is 9.73. The van der Waals surface area contributed by atoms with Crippen molar-refractivity contribution in [1.29, 1.82) is 0 Å². The number of carbonyl (C=O) groups is 1. The second-order valence-electron chi connectivity index (χ2n) is 5.80. The number of nitrogens with zero attached hydrogens (tertiary/aromatic N) is 1. The number of rotatable bonds is 3. The van der Waals surface area contributed by atoms with Gasteiger partial charge in [-0.2, -0.15) is 0 Å². The summed E-state index contributed by atoms with van der Waals surface area (Å²) in [5.41, 5.74) is 1.28. The average Bonchev–Trinajstić information content (AvgIpc) is 2.78. The monoisotopic (exact) mass is 274 g/mol. The van der Waals surface area contributed by atoms with Gasteiger partial charge in [-0.25, -0.2) is 0 Å². The van der Waals surface area contributed by atoms with Gasteiger partial charge in [0.25, 0.3) is 0 Å². The Hall–Kier alpha value is -1.55. The number of hydrogen-bond acceptors (Lipinski definition) is 3. The Labute approximate surface area is 120 Å². The van der Waals surface area contributed by atoms with Crippen LogP contribution < -0.4 is 10.1 Å². The number of carbonyl (C=O) groups excluding carboxylic acids is 1. The van der Waals surface area contributed by atoms with Crippen LogP contribution in [0.25, 0.3) is 0 Å². The van der Waals surface area contributed by atoms with Gasteiger partial charge in [0.15, 0.2) is 0 Å². The van der Waals surface area contributed by atoms with Crippen molar-refractivity contribution in [2.75, 3.05) is 20.2 Å². The van der Waals surface area contributed by atoms with Crippen LogP contribution in [0.1, 0.15) is 31.2 Å². The molecule has 4 nitrogen and oxygen atoms in total. The Balaban J connectivity index is 1.77. The highest BCUT2D eigenvalue weighted by atomic mass is 16.5. The van der Waals surface area contributed by atoms with E-state index >= 15 is 0 Å². The zero-order valence-corrected chi connectivity index (χ0v) is 12.0. The lowest BCUT2D eigenvalue weighted by atomic mass is 9.85. The summed E-state index contributed by atoms with van der Waals surface area (Å²) in [6.07, 6.45) is 3.88. The first-order valence-electron chi connectivity index (χ1n) is 7.38. The van der Waals surface area contributed by atoms with Gasteiger partial charge in [0.1, 0.15) is 5.75 Å². The van der Waals surface area contributed by atoms with E-state index in [4.69, 9.17) is 4.74 Å². The van der Waals surface area contributed by atoms with Crippen LogP contribution in [-0.2, 0) is 11.3 Å². The van der Waals surface area contributed by atoms with E-state index in [2.05, 4.69) is 22.3 Å². The quantitative estimate of drug-likeness (QED) is 0.916. The van der Waals surface area contributed by atoms with Crippen molar-refractivity contribution < 1.29 is 9.53 Å². The summed E-state index contributed by atoms with van der Waals surface area (Å²) in [6.45, 7) is 2.77. The molecule has 0 saturated carbocycles. The molecule has 0 aromatic heterocycles. The summed E-state index contributed by atoms with van der Waals surface area (Å²) in [6, 6.07) is 8.04. The van der Waals surface area contributed by atoms with Gasteiger partial charge in [-0.1, -0.05) is 12.1 Å². The van der Waals surface area contributed by atoms with Crippen LogP contribution in [-0.4, -0.2) is 36.5 Å². The molecule has 0 radical (unpaired) electrons. The molecule has 1 aromatic carbocycles. The summed E-state index contributed by atoms with van der Waals surface area (Å²) < 4.78 is 5.18. The lowest BCUT2D eigenvalue weighted by Crippen LogP contribution is -2.51. The predicted molar refractivity (Wildman–Crippen MR) is 77.6 cm³/mol. The molecule has 1 aromatic rings. The van der Waals surface area contributed by atoms with E-state index in [0.29, 0.717) is 12.3 Å². The Morgan fingerprint density at radius 3 is 2.55 bits per heavy atom. The number of benzene rings is 1. The topological polar surface area (TPSA) is 41.6 Å². The van der Waals surface area contributed by atoms with Crippen LogP contribution in [0.4, 0.5) is 0 Å². The third-order valence-corrected chi connectivity index (χ3v) is 4.71. The molecule has 2 saturated heterocycles. The van der Waals surface area contributed by atoms with Gasteiger partial charge < -0.3 is 15.0 Å². The van der Waals surface area contributed by atoms with Crippen molar-refractivity contribution in [3.63, 3.8) is 0 Å². The molecule has 2 fully saturated rings. The molecular formula is C16H22N2O2. The minimum Gasteiger partial charge on any atom is -0.497 e. The lowest BCUT2D eigenvalue weighted by Gasteiger charge is -2.42. The minimum absolute atomic E-state index is 0.0995. The number of ether oxygens (including phenoxy) is 1. The SMILES string of the molecule is COc1ccc(CN2C(=O)CCC23CCNCC3)cc1. The van der Waals surface area contributed by atoms with Crippen molar-refractivity contribution in [2.24, 2.45) is 0 Å². The molecule has 1 N–H and O–H groups in total. The Kier molecular flexibility index (Phi) is 3.66. The molecule has 2 heterocycles. The third kappa shape index (κ3) is 2.40. The van der Waals surface area contributed by atoms with Crippen molar-refractivity contribution in [3.8, 4) is 5.75 Å². The van der Waals surface area contributed by atoms with E-state index in [9.17, 15) is 4.79 Å². The molecule has 20 heavy (non-hydrogen) atoms. The fourth-order valence-corrected chi connectivity index (χ4v) is 3.46. The van der Waals surface area contributed by atoms with Crippen molar-refractivity contribution in [2.45, 2.75) is 37.8 Å². The summed E-state index contributed by atoms with van der Waals surface area (Å²) in [7, 11) is 1.67. The smallest absolute Gasteiger partial charge is 0.223 e. The summed E-state index contributed by atoms with van der Waals surface area (Å²) in [5, 5.41) is 3.40. The van der Waals surface area contributed by atoms with Crippen LogP contribution in [0.5, 0.6) is 5.75 Å². The van der Waals surface area contributed by atoms with Crippen LogP contribution in [0.3, 0.4) is 0 Å². The largest absolute Gasteiger partial charge is 0.497 e. The number of likely N-dealkylation sites (tertiary alicyclic amines) is 1. The number of piperidine rings is 1. The van der Waals surface area contributed by atoms with Crippen LogP contribution in [0.15, 0.2) is 24.3 Å². The lowest BCUT2D eigenvalue weighted by molar-refractivity contribution is -0.132. The summed E-state index contributed by atoms with van der Waals surface area (Å²) in [4.78, 5) is 14.4. The van der Waals surface area contributed by atoms with Crippen molar-refractivity contribution in [1.82, 2.24) is 10.2 Å². The predicted octanol–water partition coefficient (Wildman–Crippen LogP) is 1.94. The normalized spacial score (nSPS) is 21.4. The first kappa shape index (κ1) is 13.4. The molecule has 0 atom stereocenters. The van der Waals surface area contributed by atoms with E-state index in [1.807, 2.05) is 12.1 Å². The molecule has 1 amide bonds. The molecule has 0 unspecified atom stereocenters. The van der Waals surface area contributed by atoms with E-state index in [1.165, 1.54) is 5.56 Å². The second-order valence-corrected chi connectivity index (χ2v) is 5.80. The summed E-state index contributed by atoms with van der Waals surface area (Å²) in [5.74, 6) is 1.17. The van der Waals surface area contributed by atoms with E-state index < -0.39 is 0 Å². The number of nitrogens with one attached hydrogen (secondary N) is 1. The van der Waals surface area contributed by atoms with Crippen molar-refractivity contribution in [3.05, 3.63) is 29.8 Å². The van der Waals surface area contributed by atoms with Crippen LogP contribution in [0.2, 0.25) is 0 Å². The molecule has 0 aliphatic carbocycles. The molecule has 108 valence electrons. The zero-order chi connectivity index (χ0) is 14.0. The van der Waals surface area contributed by atoms with Gasteiger partial charge in [0, 0.05) is 18.5 Å². The first-order valence-corrected chi connectivity index (χ1v) is 7.38. The molecule has 2 aliphatic rings. The number of amides is 1. The van der Waals surface area contributed by atoms with Crippen molar-refractivity contribution >= 4 is 5.91 Å². The Bertz CT molecular complexity index is 478. The van der Waals surface area contributed by atoms with Gasteiger partial charge >= 0.3 is 0 Å². The molecule has 2 aliphatic heterocycles. The third-order valence-electron chi connectivity index (χ3n) is 4.71. The molecule has 0 bridgehead atoms. The molecular weight excluding hydrogens is 252 g/mol. The summed E-state index contributed by atoms with van der Waals surface area (Å²) >= 11 is 0. The maximum Gasteiger partial charge on any atom is 0.223 e. The van der Waals surface area contributed by atoms with Gasteiger partial charge in [-0.3, -0.25) is 4.79 Å². The van der Waals surface area contributed by atoms with E-state index in [1.54, 1.807) is 7.11 Å². The van der Waals surface area contributed by atoms with Crippen LogP contribution >= 0.6 is 0 Å². The molecule has 4 heteroatoms. The fraction of sp³-hybridized carbons (Fsp3) is 0.562. The van der Waals surface area contributed by atoms with Gasteiger partial charge in [0.05, 0.1) is 7.11 Å². The molecule has 3 rings (SSSR count). The molecule has 1 spiro atoms. The van der Waals surface area contributed by atoms with Gasteiger partial charge in [-0.05, 0) is 50.0 Å². The maximum atomic E-state index is 12.3. The fourth-order valence-electron chi connectivity index (χ4n) is 3.46. The minimum atomic E-state index is 0.0995. The van der Waals surface area contributed by atoms with Crippen LogP contribution in [0, 0.1) is 0 Å². The zero-order valence-electron chi connectivity index (χ0n) is 12.0. The van der Waals surface area contributed by atoms with E-state index in [0.717, 1.165) is 44.6 Å². The average molecular weight is 274 g/mol. The highest BCUT2D eigenvalue weighted by Gasteiger charge is 2.45. The second kappa shape index (κ2) is 5.44. The highest BCUT2D eigenvalue weighted by molar-refractivity contribution is 5.79. The number of methoxy groups -OCH3 is 1. The Morgan fingerprint density at radius 1 is 1.20 bits per heavy atom. The van der Waals surface area contributed by atoms with Gasteiger partial charge in [0.2, 0.25) is 5.91 Å². The van der Waals surface area contributed by atoms with E-state index in [-0.39, 0.29) is 5.54 Å². The highest BCUT2D eigenvalue weighted by Crippen LogP contribution is 2.38. The standard InChI is InChI=1S/C16H22N2O2/c1-20-14-4-2-13(3-5-14)12-18-15(19)6-7-16(18)8-10-17-11-9-16/h2-5,17H,6-12H2,1H3. The maximum absolute atomic E-state index is 12.3. The van der Waals surface area contributed by atoms with Gasteiger partial charge in [-0.15, -0.1) is 0 Å².